The first-order valence-electron chi connectivity index (χ1n) is 4.68. The normalized spacial score (nSPS) is 16.1. The number of carbonyl (C=O) groups is 1. The topological polar surface area (TPSA) is 66.5 Å². The zero-order valence-electron chi connectivity index (χ0n) is 8.48. The number of halogens is 2. The molecular weight excluding hydrogens is 376 g/mol. The smallest absolute Gasteiger partial charge is 0.331 e. The number of hydrogen-bond acceptors (Lipinski definition) is 3. The monoisotopic (exact) mass is 382 g/mol. The first kappa shape index (κ1) is 12.8. The van der Waals surface area contributed by atoms with E-state index in [1.54, 1.807) is 12.1 Å². The second-order valence-corrected chi connectivity index (χ2v) is 6.98. The third kappa shape index (κ3) is 2.34. The molecule has 1 aromatic rings. The lowest BCUT2D eigenvalue weighted by Gasteiger charge is -2.15. The minimum Gasteiger partial charge on any atom is -0.335 e. The first-order chi connectivity index (χ1) is 7.93. The lowest BCUT2D eigenvalue weighted by Crippen LogP contribution is -2.34. The highest BCUT2D eigenvalue weighted by molar-refractivity contribution is 9.11. The Kier molecular flexibility index (Phi) is 3.46. The van der Waals surface area contributed by atoms with Gasteiger partial charge in [0.2, 0.25) is 0 Å². The highest BCUT2D eigenvalue weighted by atomic mass is 79.9. The summed E-state index contributed by atoms with van der Waals surface area (Å²) >= 11 is 6.42. The van der Waals surface area contributed by atoms with E-state index in [0.717, 1.165) is 8.78 Å². The average Bonchev–Trinajstić information content (AvgIpc) is 2.64. The molecule has 0 bridgehead atoms. The van der Waals surface area contributed by atoms with Gasteiger partial charge < -0.3 is 5.32 Å². The van der Waals surface area contributed by atoms with Gasteiger partial charge in [-0.2, -0.15) is 0 Å². The van der Waals surface area contributed by atoms with Gasteiger partial charge in [-0.15, -0.1) is 0 Å². The van der Waals surface area contributed by atoms with Crippen LogP contribution >= 0.6 is 31.9 Å². The predicted octanol–water partition coefficient (Wildman–Crippen LogP) is 1.93. The van der Waals surface area contributed by atoms with E-state index in [9.17, 15) is 13.2 Å². The van der Waals surface area contributed by atoms with Crippen LogP contribution in [0.15, 0.2) is 32.0 Å². The summed E-state index contributed by atoms with van der Waals surface area (Å²) in [6, 6.07) is 4.11. The quantitative estimate of drug-likeness (QED) is 0.848. The number of nitrogens with zero attached hydrogens (tertiary/aromatic N) is 1. The van der Waals surface area contributed by atoms with Gasteiger partial charge in [-0.25, -0.2) is 17.5 Å². The maximum atomic E-state index is 12.2. The van der Waals surface area contributed by atoms with Gasteiger partial charge >= 0.3 is 6.03 Å². The van der Waals surface area contributed by atoms with Gasteiger partial charge in [0.25, 0.3) is 10.0 Å². The number of benzene rings is 1. The van der Waals surface area contributed by atoms with Crippen molar-refractivity contribution in [3.05, 3.63) is 27.1 Å². The van der Waals surface area contributed by atoms with Gasteiger partial charge in [0.1, 0.15) is 4.90 Å². The summed E-state index contributed by atoms with van der Waals surface area (Å²) in [5.41, 5.74) is 0. The van der Waals surface area contributed by atoms with Gasteiger partial charge in [0, 0.05) is 15.5 Å². The van der Waals surface area contributed by atoms with Crippen LogP contribution in [0.5, 0.6) is 0 Å². The molecule has 1 heterocycles. The van der Waals surface area contributed by atoms with Crippen molar-refractivity contribution in [3.8, 4) is 0 Å². The summed E-state index contributed by atoms with van der Waals surface area (Å²) in [6.45, 7) is 0.496. The zero-order chi connectivity index (χ0) is 12.6. The Bertz CT molecular complexity index is 574. The van der Waals surface area contributed by atoms with Gasteiger partial charge in [-0.1, -0.05) is 15.9 Å². The van der Waals surface area contributed by atoms with Crippen molar-refractivity contribution in [2.75, 3.05) is 13.1 Å². The van der Waals surface area contributed by atoms with Gasteiger partial charge in [0.15, 0.2) is 0 Å². The lowest BCUT2D eigenvalue weighted by atomic mass is 10.4. The number of amides is 2. The van der Waals surface area contributed by atoms with E-state index in [0.29, 0.717) is 11.0 Å². The van der Waals surface area contributed by atoms with Gasteiger partial charge in [0.05, 0.1) is 6.54 Å². The van der Waals surface area contributed by atoms with Crippen LogP contribution in [-0.2, 0) is 10.0 Å². The van der Waals surface area contributed by atoms with E-state index in [1.807, 2.05) is 0 Å². The molecule has 1 aliphatic rings. The molecule has 8 heteroatoms. The number of urea groups is 1. The van der Waals surface area contributed by atoms with E-state index in [-0.39, 0.29) is 11.4 Å². The Balaban J connectivity index is 2.48. The fraction of sp³-hybridized carbons (Fsp3) is 0.222. The number of nitrogens with one attached hydrogen (secondary N) is 1. The summed E-state index contributed by atoms with van der Waals surface area (Å²) in [7, 11) is -3.78. The third-order valence-corrected chi connectivity index (χ3v) is 5.53. The molecule has 5 nitrogen and oxygen atoms in total. The second-order valence-electron chi connectivity index (χ2n) is 3.38. The Hall–Kier alpha value is -0.600. The van der Waals surface area contributed by atoms with Crippen LogP contribution in [0.2, 0.25) is 0 Å². The highest BCUT2D eigenvalue weighted by Crippen LogP contribution is 2.28. The van der Waals surface area contributed by atoms with Crippen molar-refractivity contribution in [1.29, 1.82) is 0 Å². The molecule has 0 atom stereocenters. The largest absolute Gasteiger partial charge is 0.335 e. The molecule has 1 fully saturated rings. The molecule has 1 N–H and O–H groups in total. The highest BCUT2D eigenvalue weighted by Gasteiger charge is 2.33. The molecule has 0 spiro atoms. The molecule has 17 heavy (non-hydrogen) atoms. The molecule has 2 rings (SSSR count). The van der Waals surface area contributed by atoms with E-state index in [2.05, 4.69) is 37.2 Å². The minimum atomic E-state index is -3.78. The van der Waals surface area contributed by atoms with E-state index < -0.39 is 16.1 Å². The van der Waals surface area contributed by atoms with E-state index in [4.69, 9.17) is 0 Å². The summed E-state index contributed by atoms with van der Waals surface area (Å²) in [5.74, 6) is 0. The van der Waals surface area contributed by atoms with Crippen molar-refractivity contribution in [2.24, 2.45) is 0 Å². The van der Waals surface area contributed by atoms with Crippen LogP contribution in [0, 0.1) is 0 Å². The number of sulfonamides is 1. The summed E-state index contributed by atoms with van der Waals surface area (Å²) in [4.78, 5) is 11.5. The van der Waals surface area contributed by atoms with E-state index >= 15 is 0 Å². The summed E-state index contributed by atoms with van der Waals surface area (Å²) in [6.07, 6.45) is 0. The molecule has 0 saturated carbocycles. The molecule has 1 aromatic carbocycles. The van der Waals surface area contributed by atoms with Crippen LogP contribution in [0.25, 0.3) is 0 Å². The minimum absolute atomic E-state index is 0.0813. The lowest BCUT2D eigenvalue weighted by molar-refractivity contribution is 0.236. The third-order valence-electron chi connectivity index (χ3n) is 2.28. The van der Waals surface area contributed by atoms with Crippen molar-refractivity contribution >= 4 is 47.9 Å². The fourth-order valence-corrected chi connectivity index (χ4v) is 4.54. The van der Waals surface area contributed by atoms with Crippen molar-refractivity contribution in [3.63, 3.8) is 0 Å². The van der Waals surface area contributed by atoms with Crippen LogP contribution in [0.1, 0.15) is 0 Å². The Morgan fingerprint density at radius 1 is 1.29 bits per heavy atom. The van der Waals surface area contributed by atoms with Crippen molar-refractivity contribution < 1.29 is 13.2 Å². The van der Waals surface area contributed by atoms with Gasteiger partial charge in [-0.05, 0) is 34.1 Å². The molecule has 92 valence electrons. The van der Waals surface area contributed by atoms with Crippen LogP contribution in [-0.4, -0.2) is 31.8 Å². The molecule has 2 amide bonds. The Morgan fingerprint density at radius 2 is 2.00 bits per heavy atom. The number of hydrogen-bond donors (Lipinski definition) is 1. The van der Waals surface area contributed by atoms with Crippen LogP contribution < -0.4 is 5.32 Å². The average molecular weight is 384 g/mol. The SMILES string of the molecule is O=C1NCCN1S(=O)(=O)c1ccc(Br)cc1Br. The first-order valence-corrected chi connectivity index (χ1v) is 7.71. The number of carbonyl (C=O) groups excluding carboxylic acids is 1. The summed E-state index contributed by atoms with van der Waals surface area (Å²) in [5, 5.41) is 2.46. The molecule has 0 aliphatic carbocycles. The summed E-state index contributed by atoms with van der Waals surface area (Å²) < 4.78 is 26.4. The van der Waals surface area contributed by atoms with Crippen molar-refractivity contribution in [1.82, 2.24) is 9.62 Å². The molecule has 1 aliphatic heterocycles. The molecule has 0 radical (unpaired) electrons. The fourth-order valence-electron chi connectivity index (χ4n) is 1.49. The standard InChI is InChI=1S/C9H8Br2N2O3S/c10-6-1-2-8(7(11)5-6)17(15,16)13-4-3-12-9(13)14/h1-2,5H,3-4H2,(H,12,14). The Labute approximate surface area is 115 Å². The molecule has 0 unspecified atom stereocenters. The molecular formula is C9H8Br2N2O3S. The number of rotatable bonds is 2. The second kappa shape index (κ2) is 4.58. The van der Waals surface area contributed by atoms with Crippen LogP contribution in [0.4, 0.5) is 4.79 Å². The zero-order valence-corrected chi connectivity index (χ0v) is 12.5. The Morgan fingerprint density at radius 3 is 2.53 bits per heavy atom. The maximum absolute atomic E-state index is 12.2. The maximum Gasteiger partial charge on any atom is 0.331 e. The van der Waals surface area contributed by atoms with Gasteiger partial charge in [-0.3, -0.25) is 0 Å². The van der Waals surface area contributed by atoms with Crippen molar-refractivity contribution in [2.45, 2.75) is 4.90 Å². The van der Waals surface area contributed by atoms with Crippen LogP contribution in [0.3, 0.4) is 0 Å². The molecule has 1 saturated heterocycles. The predicted molar refractivity (Wildman–Crippen MR) is 69.1 cm³/mol. The molecule has 0 aromatic heterocycles. The van der Waals surface area contributed by atoms with E-state index in [1.165, 1.54) is 6.07 Å².